The molecule has 0 saturated heterocycles. The van der Waals surface area contributed by atoms with Gasteiger partial charge in [-0.15, -0.1) is 0 Å². The lowest BCUT2D eigenvalue weighted by Crippen LogP contribution is -2.25. The summed E-state index contributed by atoms with van der Waals surface area (Å²) in [5, 5.41) is 17.9. The largest absolute Gasteiger partial charge is 0.481 e. The summed E-state index contributed by atoms with van der Waals surface area (Å²) in [6.45, 7) is 0.456. The number of carbonyl (C=O) groups is 2. The number of amides is 1. The Bertz CT molecular complexity index is 774. The smallest absolute Gasteiger partial charge is 0.307 e. The van der Waals surface area contributed by atoms with E-state index in [4.69, 9.17) is 10.9 Å². The lowest BCUT2D eigenvalue weighted by molar-refractivity contribution is -0.136. The van der Waals surface area contributed by atoms with E-state index in [9.17, 15) is 9.59 Å². The van der Waals surface area contributed by atoms with Crippen LogP contribution in [-0.4, -0.2) is 29.9 Å². The molecule has 0 spiro atoms. The van der Waals surface area contributed by atoms with Gasteiger partial charge in [0.25, 0.3) is 5.91 Å². The van der Waals surface area contributed by atoms with E-state index >= 15 is 0 Å². The number of carboxylic acid groups (broad SMARTS) is 1. The quantitative estimate of drug-likeness (QED) is 0.252. The Hall–Kier alpha value is -3.35. The summed E-state index contributed by atoms with van der Waals surface area (Å²) in [4.78, 5) is 23.0. The molecule has 0 atom stereocenters. The maximum absolute atomic E-state index is 12.2. The Morgan fingerprint density at radius 1 is 1.12 bits per heavy atom. The molecule has 2 rings (SSSR count). The van der Waals surface area contributed by atoms with Crippen molar-refractivity contribution in [2.24, 2.45) is 10.9 Å². The average molecular weight is 340 g/mol. The highest BCUT2D eigenvalue weighted by atomic mass is 16.4. The Kier molecular flexibility index (Phi) is 6.53. The van der Waals surface area contributed by atoms with Gasteiger partial charge in [0.2, 0.25) is 0 Å². The number of benzene rings is 2. The van der Waals surface area contributed by atoms with Crippen LogP contribution in [0.15, 0.2) is 53.6 Å². The second kappa shape index (κ2) is 9.07. The Labute approximate surface area is 145 Å². The number of hydrogen-bond donors (Lipinski definition) is 4. The maximum Gasteiger partial charge on any atom is 0.307 e. The first-order valence-corrected chi connectivity index (χ1v) is 7.74. The number of carbonyl (C=O) groups excluding carboxylic acids is 1. The van der Waals surface area contributed by atoms with Crippen LogP contribution in [0.4, 0.5) is 5.69 Å². The van der Waals surface area contributed by atoms with Gasteiger partial charge in [0.15, 0.2) is 0 Å². The van der Waals surface area contributed by atoms with Gasteiger partial charge in [-0.3, -0.25) is 9.59 Å². The summed E-state index contributed by atoms with van der Waals surface area (Å²) in [5.74, 6) is 3.98. The van der Waals surface area contributed by atoms with Crippen molar-refractivity contribution in [3.8, 4) is 0 Å². The molecule has 0 unspecified atom stereocenters. The summed E-state index contributed by atoms with van der Waals surface area (Å²) in [7, 11) is 0. The summed E-state index contributed by atoms with van der Waals surface area (Å²) in [6.07, 6.45) is 1.95. The van der Waals surface area contributed by atoms with Gasteiger partial charge in [-0.05, 0) is 35.7 Å². The zero-order valence-electron chi connectivity index (χ0n) is 13.6. The number of nitrogens with one attached hydrogen (secondary N) is 2. The standard InChI is InChI=1S/C18H20N4O3/c19-22-12-21-16-6-2-5-15(11-16)18(25)20-8-7-13-3-1-4-14(9-13)10-17(23)24/h1-6,9,11-12H,7-8,10,19H2,(H,20,25)(H,21,22)(H,23,24). The average Bonchev–Trinajstić information content (AvgIpc) is 2.60. The number of hydrogen-bond acceptors (Lipinski definition) is 4. The SMILES string of the molecule is NN=CNc1cccc(C(=O)NCCc2cccc(CC(=O)O)c2)c1. The molecule has 0 radical (unpaired) electrons. The van der Waals surface area contributed by atoms with E-state index in [0.29, 0.717) is 24.2 Å². The second-order valence-corrected chi connectivity index (χ2v) is 5.40. The van der Waals surface area contributed by atoms with Gasteiger partial charge in [0.1, 0.15) is 6.34 Å². The van der Waals surface area contributed by atoms with E-state index in [-0.39, 0.29) is 12.3 Å². The van der Waals surface area contributed by atoms with Gasteiger partial charge in [-0.25, -0.2) is 0 Å². The number of anilines is 1. The monoisotopic (exact) mass is 340 g/mol. The minimum atomic E-state index is -0.862. The third-order valence-electron chi connectivity index (χ3n) is 3.48. The zero-order valence-corrected chi connectivity index (χ0v) is 13.6. The molecule has 0 aliphatic rings. The Balaban J connectivity index is 1.89. The van der Waals surface area contributed by atoms with Crippen LogP contribution >= 0.6 is 0 Å². The first-order chi connectivity index (χ1) is 12.1. The third-order valence-corrected chi connectivity index (χ3v) is 3.48. The zero-order chi connectivity index (χ0) is 18.1. The van der Waals surface area contributed by atoms with Crippen LogP contribution in [0.1, 0.15) is 21.5 Å². The number of hydrazone groups is 1. The van der Waals surface area contributed by atoms with Crippen molar-refractivity contribution in [2.45, 2.75) is 12.8 Å². The van der Waals surface area contributed by atoms with Crippen LogP contribution in [0.2, 0.25) is 0 Å². The van der Waals surface area contributed by atoms with Crippen LogP contribution in [0.3, 0.4) is 0 Å². The molecule has 0 aliphatic carbocycles. The highest BCUT2D eigenvalue weighted by molar-refractivity contribution is 5.95. The number of aliphatic carboxylic acids is 1. The molecule has 0 aliphatic heterocycles. The molecule has 0 fully saturated rings. The highest BCUT2D eigenvalue weighted by Crippen LogP contribution is 2.10. The van der Waals surface area contributed by atoms with Crippen LogP contribution in [0.5, 0.6) is 0 Å². The fraction of sp³-hybridized carbons (Fsp3) is 0.167. The predicted octanol–water partition coefficient (Wildman–Crippen LogP) is 1.60. The van der Waals surface area contributed by atoms with Crippen molar-refractivity contribution >= 4 is 23.9 Å². The molecule has 0 saturated carbocycles. The number of rotatable bonds is 8. The Morgan fingerprint density at radius 3 is 2.64 bits per heavy atom. The van der Waals surface area contributed by atoms with Crippen molar-refractivity contribution in [1.29, 1.82) is 0 Å². The summed E-state index contributed by atoms with van der Waals surface area (Å²) in [5.41, 5.74) is 2.96. The molecule has 0 aromatic heterocycles. The van der Waals surface area contributed by atoms with Gasteiger partial charge in [0.05, 0.1) is 6.42 Å². The molecule has 2 aromatic carbocycles. The highest BCUT2D eigenvalue weighted by Gasteiger charge is 2.06. The van der Waals surface area contributed by atoms with E-state index in [2.05, 4.69) is 15.7 Å². The van der Waals surface area contributed by atoms with Crippen LogP contribution in [0.25, 0.3) is 0 Å². The molecule has 0 bridgehead atoms. The van der Waals surface area contributed by atoms with Crippen molar-refractivity contribution in [3.05, 3.63) is 65.2 Å². The minimum Gasteiger partial charge on any atom is -0.481 e. The summed E-state index contributed by atoms with van der Waals surface area (Å²) in [6, 6.07) is 14.3. The van der Waals surface area contributed by atoms with Crippen molar-refractivity contribution < 1.29 is 14.7 Å². The normalized spacial score (nSPS) is 10.6. The topological polar surface area (TPSA) is 117 Å². The van der Waals surface area contributed by atoms with Crippen molar-refractivity contribution in [1.82, 2.24) is 5.32 Å². The predicted molar refractivity (Wildman–Crippen MR) is 96.6 cm³/mol. The van der Waals surface area contributed by atoms with Gasteiger partial charge in [-0.1, -0.05) is 30.3 Å². The van der Waals surface area contributed by atoms with Crippen molar-refractivity contribution in [3.63, 3.8) is 0 Å². The molecular formula is C18H20N4O3. The van der Waals surface area contributed by atoms with Gasteiger partial charge in [0, 0.05) is 17.8 Å². The van der Waals surface area contributed by atoms with E-state index in [0.717, 1.165) is 11.1 Å². The lowest BCUT2D eigenvalue weighted by atomic mass is 10.1. The Morgan fingerprint density at radius 2 is 1.88 bits per heavy atom. The fourth-order valence-electron chi connectivity index (χ4n) is 2.35. The van der Waals surface area contributed by atoms with Crippen LogP contribution in [-0.2, 0) is 17.6 Å². The molecule has 7 nitrogen and oxygen atoms in total. The summed E-state index contributed by atoms with van der Waals surface area (Å²) < 4.78 is 0. The van der Waals surface area contributed by atoms with Gasteiger partial charge >= 0.3 is 5.97 Å². The summed E-state index contributed by atoms with van der Waals surface area (Å²) >= 11 is 0. The van der Waals surface area contributed by atoms with E-state index in [1.54, 1.807) is 30.3 Å². The maximum atomic E-state index is 12.2. The molecule has 130 valence electrons. The molecule has 7 heteroatoms. The third kappa shape index (κ3) is 5.98. The molecule has 25 heavy (non-hydrogen) atoms. The first-order valence-electron chi connectivity index (χ1n) is 7.74. The lowest BCUT2D eigenvalue weighted by Gasteiger charge is -2.08. The molecule has 5 N–H and O–H groups in total. The molecule has 2 aromatic rings. The van der Waals surface area contributed by atoms with Crippen LogP contribution < -0.4 is 16.5 Å². The van der Waals surface area contributed by atoms with E-state index < -0.39 is 5.97 Å². The molecule has 1 amide bonds. The fourth-order valence-corrected chi connectivity index (χ4v) is 2.35. The van der Waals surface area contributed by atoms with Crippen LogP contribution in [0, 0.1) is 0 Å². The van der Waals surface area contributed by atoms with Gasteiger partial charge in [-0.2, -0.15) is 5.10 Å². The molecule has 0 heterocycles. The minimum absolute atomic E-state index is 0.00784. The number of nitrogens with two attached hydrogens (primary N) is 1. The first kappa shape index (κ1) is 18.0. The molecular weight excluding hydrogens is 320 g/mol. The second-order valence-electron chi connectivity index (χ2n) is 5.40. The number of nitrogens with zero attached hydrogens (tertiary/aromatic N) is 1. The van der Waals surface area contributed by atoms with E-state index in [1.165, 1.54) is 6.34 Å². The van der Waals surface area contributed by atoms with Gasteiger partial charge < -0.3 is 21.6 Å². The number of carboxylic acids is 1. The van der Waals surface area contributed by atoms with Crippen molar-refractivity contribution in [2.75, 3.05) is 11.9 Å². The van der Waals surface area contributed by atoms with E-state index in [1.807, 2.05) is 18.2 Å².